The van der Waals surface area contributed by atoms with Gasteiger partial charge < -0.3 is 10.6 Å². The highest BCUT2D eigenvalue weighted by atomic mass is 14.9. The topological polar surface area (TPSA) is 24.1 Å². The molecule has 0 bridgehead atoms. The Balaban J connectivity index is 3.05. The predicted octanol–water partition coefficient (Wildman–Crippen LogP) is 3.18. The molecule has 0 rings (SSSR count). The smallest absolute Gasteiger partial charge is 0.00965 e. The molecule has 0 spiro atoms. The van der Waals surface area contributed by atoms with Crippen molar-refractivity contribution >= 4 is 0 Å². The van der Waals surface area contributed by atoms with Crippen LogP contribution in [-0.2, 0) is 0 Å². The fourth-order valence-electron chi connectivity index (χ4n) is 1.60. The van der Waals surface area contributed by atoms with Crippen LogP contribution in [0.1, 0.15) is 60.3 Å². The molecule has 0 aromatic heterocycles. The maximum atomic E-state index is 3.51. The van der Waals surface area contributed by atoms with Crippen molar-refractivity contribution < 1.29 is 0 Å². The minimum atomic E-state index is 0.261. The van der Waals surface area contributed by atoms with Crippen molar-refractivity contribution in [2.45, 2.75) is 65.8 Å². The maximum Gasteiger partial charge on any atom is 0.00965 e. The number of hydrogen-bond donors (Lipinski definition) is 2. The minimum absolute atomic E-state index is 0.261. The van der Waals surface area contributed by atoms with Gasteiger partial charge >= 0.3 is 0 Å². The van der Waals surface area contributed by atoms with Gasteiger partial charge in [0.25, 0.3) is 0 Å². The lowest BCUT2D eigenvalue weighted by Crippen LogP contribution is -2.37. The Bertz CT molecular complexity index is 147. The van der Waals surface area contributed by atoms with E-state index in [0.29, 0.717) is 0 Å². The molecule has 0 saturated carbocycles. The normalized spacial score (nSPS) is 12.4. The Morgan fingerprint density at radius 3 is 2.06 bits per heavy atom. The molecular weight excluding hydrogens is 196 g/mol. The molecule has 2 heteroatoms. The second-order valence-electron chi connectivity index (χ2n) is 6.17. The van der Waals surface area contributed by atoms with Gasteiger partial charge in [-0.05, 0) is 59.2 Å². The van der Waals surface area contributed by atoms with Gasteiger partial charge in [0.1, 0.15) is 0 Å². The lowest BCUT2D eigenvalue weighted by atomic mass is 10.1. The highest BCUT2D eigenvalue weighted by Crippen LogP contribution is 2.04. The Morgan fingerprint density at radius 2 is 1.50 bits per heavy atom. The van der Waals surface area contributed by atoms with E-state index in [1.165, 1.54) is 32.2 Å². The fraction of sp³-hybridized carbons (Fsp3) is 1.00. The van der Waals surface area contributed by atoms with E-state index in [9.17, 15) is 0 Å². The van der Waals surface area contributed by atoms with Gasteiger partial charge in [-0.15, -0.1) is 0 Å². The third-order valence-electron chi connectivity index (χ3n) is 2.57. The minimum Gasteiger partial charge on any atom is -0.317 e. The molecule has 0 aliphatic carbocycles. The summed E-state index contributed by atoms with van der Waals surface area (Å²) in [5.41, 5.74) is 0.261. The molecule has 2 N–H and O–H groups in total. The second-order valence-corrected chi connectivity index (χ2v) is 6.17. The van der Waals surface area contributed by atoms with Gasteiger partial charge in [-0.25, -0.2) is 0 Å². The van der Waals surface area contributed by atoms with Gasteiger partial charge in [-0.2, -0.15) is 0 Å². The third-order valence-corrected chi connectivity index (χ3v) is 2.57. The van der Waals surface area contributed by atoms with Crippen molar-refractivity contribution in [3.05, 3.63) is 0 Å². The van der Waals surface area contributed by atoms with Crippen molar-refractivity contribution in [1.82, 2.24) is 10.6 Å². The van der Waals surface area contributed by atoms with Crippen LogP contribution in [0, 0.1) is 5.92 Å². The molecule has 0 aromatic carbocycles. The standard InChI is InChI=1S/C14H32N2/c1-13(2)9-6-7-10-15-11-8-12-16-14(3,4)5/h13,15-16H,6-12H2,1-5H3. The van der Waals surface area contributed by atoms with Gasteiger partial charge in [0.05, 0.1) is 0 Å². The van der Waals surface area contributed by atoms with E-state index in [1.807, 2.05) is 0 Å². The molecule has 98 valence electrons. The van der Waals surface area contributed by atoms with Crippen molar-refractivity contribution in [3.8, 4) is 0 Å². The zero-order valence-electron chi connectivity index (χ0n) is 12.0. The molecule has 16 heavy (non-hydrogen) atoms. The molecule has 0 unspecified atom stereocenters. The summed E-state index contributed by atoms with van der Waals surface area (Å²) >= 11 is 0. The van der Waals surface area contributed by atoms with Crippen LogP contribution in [-0.4, -0.2) is 25.2 Å². The van der Waals surface area contributed by atoms with E-state index >= 15 is 0 Å². The molecule has 0 aromatic rings. The number of rotatable bonds is 9. The average molecular weight is 228 g/mol. The van der Waals surface area contributed by atoms with Gasteiger partial charge in [0, 0.05) is 5.54 Å². The molecule has 0 atom stereocenters. The molecular formula is C14H32N2. The second kappa shape index (κ2) is 9.00. The van der Waals surface area contributed by atoms with Crippen molar-refractivity contribution in [2.24, 2.45) is 5.92 Å². The molecule has 0 saturated heterocycles. The first kappa shape index (κ1) is 15.9. The van der Waals surface area contributed by atoms with Crippen molar-refractivity contribution in [3.63, 3.8) is 0 Å². The predicted molar refractivity (Wildman–Crippen MR) is 73.9 cm³/mol. The van der Waals surface area contributed by atoms with Crippen molar-refractivity contribution in [1.29, 1.82) is 0 Å². The molecule has 0 aliphatic rings. The van der Waals surface area contributed by atoms with Crippen LogP contribution in [0.4, 0.5) is 0 Å². The van der Waals surface area contributed by atoms with E-state index in [2.05, 4.69) is 45.3 Å². The van der Waals surface area contributed by atoms with E-state index in [0.717, 1.165) is 19.0 Å². The van der Waals surface area contributed by atoms with Gasteiger partial charge in [-0.3, -0.25) is 0 Å². The summed E-state index contributed by atoms with van der Waals surface area (Å²) in [7, 11) is 0. The first-order valence-corrected chi connectivity index (χ1v) is 6.87. The van der Waals surface area contributed by atoms with Crippen molar-refractivity contribution in [2.75, 3.05) is 19.6 Å². The molecule has 2 nitrogen and oxygen atoms in total. The van der Waals surface area contributed by atoms with E-state index in [4.69, 9.17) is 0 Å². The SMILES string of the molecule is CC(C)CCCCNCCCNC(C)(C)C. The largest absolute Gasteiger partial charge is 0.317 e. The van der Waals surface area contributed by atoms with Gasteiger partial charge in [0.2, 0.25) is 0 Å². The van der Waals surface area contributed by atoms with Crippen LogP contribution in [0.5, 0.6) is 0 Å². The quantitative estimate of drug-likeness (QED) is 0.592. The number of unbranched alkanes of at least 4 members (excludes halogenated alkanes) is 1. The highest BCUT2D eigenvalue weighted by molar-refractivity contribution is 4.69. The lowest BCUT2D eigenvalue weighted by Gasteiger charge is -2.20. The highest BCUT2D eigenvalue weighted by Gasteiger charge is 2.06. The number of hydrogen-bond acceptors (Lipinski definition) is 2. The zero-order valence-corrected chi connectivity index (χ0v) is 12.0. The summed E-state index contributed by atoms with van der Waals surface area (Å²) in [5.74, 6) is 0.857. The van der Waals surface area contributed by atoms with Crippen LogP contribution in [0.25, 0.3) is 0 Å². The van der Waals surface area contributed by atoms with Crippen LogP contribution in [0.3, 0.4) is 0 Å². The molecule has 0 aliphatic heterocycles. The third kappa shape index (κ3) is 13.9. The Morgan fingerprint density at radius 1 is 0.875 bits per heavy atom. The molecule has 0 radical (unpaired) electrons. The maximum absolute atomic E-state index is 3.51. The molecule has 0 amide bonds. The summed E-state index contributed by atoms with van der Waals surface area (Å²) in [6, 6.07) is 0. The van der Waals surface area contributed by atoms with E-state index in [1.54, 1.807) is 0 Å². The fourth-order valence-corrected chi connectivity index (χ4v) is 1.60. The first-order valence-electron chi connectivity index (χ1n) is 6.87. The van der Waals surface area contributed by atoms with E-state index in [-0.39, 0.29) is 5.54 Å². The summed E-state index contributed by atoms with van der Waals surface area (Å²) in [6.45, 7) is 14.7. The summed E-state index contributed by atoms with van der Waals surface area (Å²) < 4.78 is 0. The summed E-state index contributed by atoms with van der Waals surface area (Å²) in [6.07, 6.45) is 5.28. The lowest BCUT2D eigenvalue weighted by molar-refractivity contribution is 0.417. The average Bonchev–Trinajstić information content (AvgIpc) is 2.13. The van der Waals surface area contributed by atoms with E-state index < -0.39 is 0 Å². The van der Waals surface area contributed by atoms with Gasteiger partial charge in [0.15, 0.2) is 0 Å². The number of nitrogens with one attached hydrogen (secondary N) is 2. The Kier molecular flexibility index (Phi) is 8.96. The molecule has 0 heterocycles. The summed E-state index contributed by atoms with van der Waals surface area (Å²) in [5, 5.41) is 7.00. The van der Waals surface area contributed by atoms with Crippen LogP contribution in [0.2, 0.25) is 0 Å². The summed E-state index contributed by atoms with van der Waals surface area (Å²) in [4.78, 5) is 0. The van der Waals surface area contributed by atoms with Gasteiger partial charge in [-0.1, -0.05) is 26.7 Å². The Labute approximate surface area is 103 Å². The Hall–Kier alpha value is -0.0800. The molecule has 0 fully saturated rings. The van der Waals surface area contributed by atoms with Crippen LogP contribution in [0.15, 0.2) is 0 Å². The van der Waals surface area contributed by atoms with Crippen LogP contribution < -0.4 is 10.6 Å². The first-order chi connectivity index (χ1) is 7.42. The zero-order chi connectivity index (χ0) is 12.4. The monoisotopic (exact) mass is 228 g/mol. The van der Waals surface area contributed by atoms with Crippen LogP contribution >= 0.6 is 0 Å².